The van der Waals surface area contributed by atoms with E-state index in [1.165, 1.54) is 11.3 Å². The van der Waals surface area contributed by atoms with Crippen molar-refractivity contribution in [2.75, 3.05) is 5.32 Å². The monoisotopic (exact) mass is 542 g/mol. The molecule has 0 unspecified atom stereocenters. The van der Waals surface area contributed by atoms with Crippen molar-refractivity contribution in [2.24, 2.45) is 0 Å². The number of hydrogen-bond donors (Lipinski definition) is 2. The summed E-state index contributed by atoms with van der Waals surface area (Å²) in [6.45, 7) is 0. The fourth-order valence-electron chi connectivity index (χ4n) is 3.06. The van der Waals surface area contributed by atoms with E-state index in [1.807, 2.05) is 48.5 Å². The molecule has 0 aliphatic rings. The first-order chi connectivity index (χ1) is 14.6. The molecule has 0 saturated heterocycles. The van der Waals surface area contributed by atoms with E-state index in [-0.39, 0.29) is 5.91 Å². The van der Waals surface area contributed by atoms with Crippen LogP contribution >= 0.6 is 43.2 Å². The third-order valence-electron chi connectivity index (χ3n) is 4.44. The molecule has 2 aromatic carbocycles. The number of nitrogens with one attached hydrogen (secondary N) is 2. The highest BCUT2D eigenvalue weighted by Crippen LogP contribution is 2.34. The van der Waals surface area contributed by atoms with Gasteiger partial charge < -0.3 is 9.73 Å². The van der Waals surface area contributed by atoms with Crippen molar-refractivity contribution in [2.45, 2.75) is 0 Å². The molecule has 30 heavy (non-hydrogen) atoms. The summed E-state index contributed by atoms with van der Waals surface area (Å²) in [5, 5.41) is 10.1. The number of thiophene rings is 1. The van der Waals surface area contributed by atoms with E-state index in [0.717, 1.165) is 30.6 Å². The number of anilines is 1. The number of carbonyl (C=O) groups excluding carboxylic acids is 1. The van der Waals surface area contributed by atoms with Crippen LogP contribution < -0.4 is 5.32 Å². The maximum absolute atomic E-state index is 12.6. The Kier molecular flexibility index (Phi) is 5.01. The molecule has 0 bridgehead atoms. The molecule has 3 aromatic heterocycles. The molecule has 2 N–H and O–H groups in total. The molecule has 9 heteroatoms. The van der Waals surface area contributed by atoms with Crippen LogP contribution in [-0.4, -0.2) is 21.1 Å². The molecule has 0 saturated carbocycles. The average Bonchev–Trinajstić information content (AvgIpc) is 3.46. The largest absolute Gasteiger partial charge is 0.436 e. The van der Waals surface area contributed by atoms with Crippen molar-refractivity contribution in [3.63, 3.8) is 0 Å². The van der Waals surface area contributed by atoms with Gasteiger partial charge in [-0.05, 0) is 62.2 Å². The number of benzene rings is 2. The predicted octanol–water partition coefficient (Wildman–Crippen LogP) is 6.72. The summed E-state index contributed by atoms with van der Waals surface area (Å²) in [6.07, 6.45) is 1.69. The van der Waals surface area contributed by atoms with Gasteiger partial charge >= 0.3 is 0 Å². The van der Waals surface area contributed by atoms with Gasteiger partial charge in [0.1, 0.15) is 5.52 Å². The molecule has 0 fully saturated rings. The van der Waals surface area contributed by atoms with Crippen LogP contribution in [0.15, 0.2) is 73.5 Å². The molecule has 0 aliphatic heterocycles. The number of hydrogen-bond acceptors (Lipinski definition) is 5. The van der Waals surface area contributed by atoms with E-state index in [2.05, 4.69) is 52.4 Å². The summed E-state index contributed by atoms with van der Waals surface area (Å²) in [6, 6.07) is 16.9. The van der Waals surface area contributed by atoms with Crippen LogP contribution in [0.4, 0.5) is 5.69 Å². The lowest BCUT2D eigenvalue weighted by Crippen LogP contribution is -2.10. The summed E-state index contributed by atoms with van der Waals surface area (Å²) in [5.74, 6) is 0.315. The van der Waals surface area contributed by atoms with Gasteiger partial charge in [0.05, 0.1) is 26.1 Å². The minimum Gasteiger partial charge on any atom is -0.436 e. The zero-order chi connectivity index (χ0) is 20.7. The Morgan fingerprint density at radius 2 is 1.97 bits per heavy atom. The van der Waals surface area contributed by atoms with Crippen LogP contribution in [0.5, 0.6) is 0 Å². The smallest absolute Gasteiger partial charge is 0.265 e. The van der Waals surface area contributed by atoms with Gasteiger partial charge in [0.2, 0.25) is 5.89 Å². The van der Waals surface area contributed by atoms with Crippen molar-refractivity contribution in [3.05, 3.63) is 73.9 Å². The van der Waals surface area contributed by atoms with Crippen molar-refractivity contribution >= 4 is 65.9 Å². The lowest BCUT2D eigenvalue weighted by molar-refractivity contribution is 0.103. The van der Waals surface area contributed by atoms with Crippen LogP contribution in [-0.2, 0) is 0 Å². The highest BCUT2D eigenvalue weighted by Gasteiger charge is 2.17. The van der Waals surface area contributed by atoms with Crippen LogP contribution in [0, 0.1) is 0 Å². The van der Waals surface area contributed by atoms with Crippen molar-refractivity contribution < 1.29 is 9.21 Å². The number of aromatic nitrogens is 3. The Morgan fingerprint density at radius 3 is 2.77 bits per heavy atom. The van der Waals surface area contributed by atoms with Crippen molar-refractivity contribution in [3.8, 4) is 22.7 Å². The standard InChI is InChI=1S/C21H12Br2N4O2S/c22-14-9-17(30-19(14)23)20(28)25-12-5-3-4-11(8-12)18-13(10-24-27-18)21-26-15-6-1-2-7-16(15)29-21/h1-10H,(H,24,27)(H,25,28). The number of fused-ring (bicyclic) bond motifs is 1. The van der Waals surface area contributed by atoms with E-state index >= 15 is 0 Å². The maximum atomic E-state index is 12.6. The van der Waals surface area contributed by atoms with Gasteiger partial charge in [0.25, 0.3) is 5.91 Å². The molecule has 0 aliphatic carbocycles. The molecule has 6 nitrogen and oxygen atoms in total. The number of halogens is 2. The quantitative estimate of drug-likeness (QED) is 0.263. The zero-order valence-electron chi connectivity index (χ0n) is 15.1. The van der Waals surface area contributed by atoms with Crippen molar-refractivity contribution in [1.82, 2.24) is 15.2 Å². The molecule has 148 valence electrons. The first kappa shape index (κ1) is 19.2. The fraction of sp³-hybridized carbons (Fsp3) is 0. The molecule has 0 radical (unpaired) electrons. The van der Waals surface area contributed by atoms with Gasteiger partial charge in [-0.2, -0.15) is 5.10 Å². The van der Waals surface area contributed by atoms with E-state index in [4.69, 9.17) is 4.42 Å². The Morgan fingerprint density at radius 1 is 1.10 bits per heavy atom. The molecule has 0 atom stereocenters. The first-order valence-electron chi connectivity index (χ1n) is 8.84. The van der Waals surface area contributed by atoms with Gasteiger partial charge in [-0.15, -0.1) is 11.3 Å². The highest BCUT2D eigenvalue weighted by molar-refractivity contribution is 9.13. The average molecular weight is 544 g/mol. The second-order valence-corrected chi connectivity index (χ2v) is 9.64. The van der Waals surface area contributed by atoms with Crippen LogP contribution in [0.1, 0.15) is 9.67 Å². The molecule has 5 aromatic rings. The Bertz CT molecular complexity index is 1340. The number of H-pyrrole nitrogens is 1. The normalized spacial score (nSPS) is 11.1. The Labute approximate surface area is 191 Å². The third-order valence-corrected chi connectivity index (χ3v) is 7.70. The molecule has 5 rings (SSSR count). The van der Waals surface area contributed by atoms with Crippen molar-refractivity contribution in [1.29, 1.82) is 0 Å². The number of rotatable bonds is 4. The molecule has 0 spiro atoms. The highest BCUT2D eigenvalue weighted by atomic mass is 79.9. The zero-order valence-corrected chi connectivity index (χ0v) is 19.1. The maximum Gasteiger partial charge on any atom is 0.265 e. The van der Waals surface area contributed by atoms with E-state index in [1.54, 1.807) is 12.3 Å². The third kappa shape index (κ3) is 3.60. The number of amides is 1. The molecule has 1 amide bonds. The second kappa shape index (κ2) is 7.82. The van der Waals surface area contributed by atoms with E-state index in [9.17, 15) is 4.79 Å². The van der Waals surface area contributed by atoms with Crippen LogP contribution in [0.2, 0.25) is 0 Å². The first-order valence-corrected chi connectivity index (χ1v) is 11.2. The lowest BCUT2D eigenvalue weighted by atomic mass is 10.1. The predicted molar refractivity (Wildman–Crippen MR) is 125 cm³/mol. The number of aromatic amines is 1. The summed E-state index contributed by atoms with van der Waals surface area (Å²) in [7, 11) is 0. The topological polar surface area (TPSA) is 83.8 Å². The summed E-state index contributed by atoms with van der Waals surface area (Å²) in [5.41, 5.74) is 4.55. The number of carbonyl (C=O) groups is 1. The van der Waals surface area contributed by atoms with Gasteiger partial charge in [0.15, 0.2) is 5.58 Å². The minimum atomic E-state index is -0.174. The summed E-state index contributed by atoms with van der Waals surface area (Å²) < 4.78 is 7.62. The Balaban J connectivity index is 1.46. The molecular formula is C21H12Br2N4O2S. The fourth-order valence-corrected chi connectivity index (χ4v) is 4.99. The number of nitrogens with zero attached hydrogens (tertiary/aromatic N) is 2. The van der Waals surface area contributed by atoms with Crippen LogP contribution in [0.25, 0.3) is 33.8 Å². The summed E-state index contributed by atoms with van der Waals surface area (Å²) in [4.78, 5) is 17.7. The minimum absolute atomic E-state index is 0.174. The number of para-hydroxylation sites is 2. The van der Waals surface area contributed by atoms with E-state index < -0.39 is 0 Å². The van der Waals surface area contributed by atoms with Gasteiger partial charge in [-0.25, -0.2) is 4.98 Å². The van der Waals surface area contributed by atoms with E-state index in [0.29, 0.717) is 22.0 Å². The van der Waals surface area contributed by atoms with Crippen LogP contribution in [0.3, 0.4) is 0 Å². The molecular weight excluding hydrogens is 532 g/mol. The lowest BCUT2D eigenvalue weighted by Gasteiger charge is -2.06. The Hall–Kier alpha value is -2.75. The van der Waals surface area contributed by atoms with Gasteiger partial charge in [-0.3, -0.25) is 9.89 Å². The van der Waals surface area contributed by atoms with Gasteiger partial charge in [-0.1, -0.05) is 24.3 Å². The SMILES string of the molecule is O=C(Nc1cccc(-c2[nH]ncc2-c2nc3ccccc3o2)c1)c1cc(Br)c(Br)s1. The molecule has 3 heterocycles. The summed E-state index contributed by atoms with van der Waals surface area (Å²) >= 11 is 8.19. The second-order valence-electron chi connectivity index (χ2n) is 6.41. The number of oxazole rings is 1. The van der Waals surface area contributed by atoms with Gasteiger partial charge in [0, 0.05) is 15.7 Å².